The number of aromatic hydroxyl groups is 1. The first-order valence-electron chi connectivity index (χ1n) is 5.53. The van der Waals surface area contributed by atoms with Gasteiger partial charge in [-0.3, -0.25) is 0 Å². The third kappa shape index (κ3) is 3.26. The summed E-state index contributed by atoms with van der Waals surface area (Å²) in [6.45, 7) is 2.73. The third-order valence-electron chi connectivity index (χ3n) is 2.60. The molecular weight excluding hydrogens is 214 g/mol. The van der Waals surface area contributed by atoms with Crippen molar-refractivity contribution in [1.29, 1.82) is 0 Å². The number of nitrogens with zero attached hydrogens (tertiary/aromatic N) is 2. The standard InChI is InChI=1S/C13H15N3O/c1-10(11-3-2-4-13(17)7-11)15-8-12-5-6-14-9-16-12/h2-7,9-10,15,17H,8H2,1H3. The molecule has 0 bridgehead atoms. The first kappa shape index (κ1) is 11.5. The van der Waals surface area contributed by atoms with Gasteiger partial charge in [0.2, 0.25) is 0 Å². The van der Waals surface area contributed by atoms with Crippen LogP contribution in [0.25, 0.3) is 0 Å². The van der Waals surface area contributed by atoms with Crippen LogP contribution >= 0.6 is 0 Å². The quantitative estimate of drug-likeness (QED) is 0.842. The molecule has 1 atom stereocenters. The minimum Gasteiger partial charge on any atom is -0.508 e. The molecular formula is C13H15N3O. The molecule has 88 valence electrons. The minimum atomic E-state index is 0.164. The van der Waals surface area contributed by atoms with Crippen LogP contribution in [0.15, 0.2) is 42.9 Å². The monoisotopic (exact) mass is 229 g/mol. The van der Waals surface area contributed by atoms with Gasteiger partial charge in [0.1, 0.15) is 12.1 Å². The third-order valence-corrected chi connectivity index (χ3v) is 2.60. The van der Waals surface area contributed by atoms with E-state index < -0.39 is 0 Å². The highest BCUT2D eigenvalue weighted by atomic mass is 16.3. The zero-order valence-electron chi connectivity index (χ0n) is 9.67. The molecule has 1 aromatic heterocycles. The SMILES string of the molecule is CC(NCc1ccncn1)c1cccc(O)c1. The molecule has 2 N–H and O–H groups in total. The number of rotatable bonds is 4. The second-order valence-corrected chi connectivity index (χ2v) is 3.90. The van der Waals surface area contributed by atoms with Crippen LogP contribution in [0.1, 0.15) is 24.2 Å². The van der Waals surface area contributed by atoms with E-state index in [1.54, 1.807) is 18.3 Å². The van der Waals surface area contributed by atoms with Gasteiger partial charge in [-0.1, -0.05) is 12.1 Å². The molecule has 1 unspecified atom stereocenters. The molecule has 0 aliphatic rings. The van der Waals surface area contributed by atoms with E-state index in [9.17, 15) is 5.11 Å². The van der Waals surface area contributed by atoms with E-state index in [1.807, 2.05) is 18.2 Å². The molecule has 2 aromatic rings. The average Bonchev–Trinajstić information content (AvgIpc) is 2.37. The van der Waals surface area contributed by atoms with Crippen molar-refractivity contribution in [2.75, 3.05) is 0 Å². The van der Waals surface area contributed by atoms with E-state index in [2.05, 4.69) is 22.2 Å². The number of nitrogens with one attached hydrogen (secondary N) is 1. The van der Waals surface area contributed by atoms with Crippen molar-refractivity contribution in [3.63, 3.8) is 0 Å². The van der Waals surface area contributed by atoms with Crippen LogP contribution in [0.4, 0.5) is 0 Å². The summed E-state index contributed by atoms with van der Waals surface area (Å²) in [5.41, 5.74) is 2.01. The Kier molecular flexibility index (Phi) is 3.67. The van der Waals surface area contributed by atoms with Crippen LogP contribution in [-0.4, -0.2) is 15.1 Å². The van der Waals surface area contributed by atoms with E-state index in [0.29, 0.717) is 6.54 Å². The van der Waals surface area contributed by atoms with Crippen LogP contribution in [0.2, 0.25) is 0 Å². The summed E-state index contributed by atoms with van der Waals surface area (Å²) >= 11 is 0. The number of hydrogen-bond donors (Lipinski definition) is 2. The van der Waals surface area contributed by atoms with E-state index in [4.69, 9.17) is 0 Å². The molecule has 4 nitrogen and oxygen atoms in total. The van der Waals surface area contributed by atoms with E-state index in [1.165, 1.54) is 6.33 Å². The Morgan fingerprint density at radius 3 is 2.94 bits per heavy atom. The minimum absolute atomic E-state index is 0.164. The predicted molar refractivity (Wildman–Crippen MR) is 65.4 cm³/mol. The first-order valence-corrected chi connectivity index (χ1v) is 5.53. The molecule has 0 aliphatic carbocycles. The maximum atomic E-state index is 9.40. The largest absolute Gasteiger partial charge is 0.508 e. The zero-order valence-corrected chi connectivity index (χ0v) is 9.67. The summed E-state index contributed by atoms with van der Waals surface area (Å²) in [5.74, 6) is 0.290. The lowest BCUT2D eigenvalue weighted by Crippen LogP contribution is -2.18. The zero-order chi connectivity index (χ0) is 12.1. The van der Waals surface area contributed by atoms with Gasteiger partial charge in [-0.25, -0.2) is 9.97 Å². The van der Waals surface area contributed by atoms with Crippen molar-refractivity contribution < 1.29 is 5.11 Å². The van der Waals surface area contributed by atoms with Gasteiger partial charge in [-0.05, 0) is 30.7 Å². The molecule has 2 rings (SSSR count). The summed E-state index contributed by atoms with van der Waals surface area (Å²) in [6, 6.07) is 9.29. The van der Waals surface area contributed by atoms with Crippen molar-refractivity contribution >= 4 is 0 Å². The van der Waals surface area contributed by atoms with Crippen molar-refractivity contribution in [1.82, 2.24) is 15.3 Å². The van der Waals surface area contributed by atoms with Gasteiger partial charge in [0.05, 0.1) is 5.69 Å². The predicted octanol–water partition coefficient (Wildman–Crippen LogP) is 2.03. The van der Waals surface area contributed by atoms with Crippen molar-refractivity contribution in [3.05, 3.63) is 54.1 Å². The maximum Gasteiger partial charge on any atom is 0.115 e. The highest BCUT2D eigenvalue weighted by Gasteiger charge is 2.05. The van der Waals surface area contributed by atoms with E-state index in [0.717, 1.165) is 11.3 Å². The molecule has 1 aromatic carbocycles. The number of phenolic OH excluding ortho intramolecular Hbond substituents is 1. The molecule has 0 saturated heterocycles. The molecule has 4 heteroatoms. The second-order valence-electron chi connectivity index (χ2n) is 3.90. The number of aromatic nitrogens is 2. The van der Waals surface area contributed by atoms with E-state index in [-0.39, 0.29) is 11.8 Å². The molecule has 0 fully saturated rings. The van der Waals surface area contributed by atoms with Crippen LogP contribution in [0.5, 0.6) is 5.75 Å². The molecule has 0 amide bonds. The average molecular weight is 229 g/mol. The summed E-state index contributed by atoms with van der Waals surface area (Å²) in [4.78, 5) is 8.01. The Morgan fingerprint density at radius 2 is 2.24 bits per heavy atom. The van der Waals surface area contributed by atoms with Gasteiger partial charge in [-0.15, -0.1) is 0 Å². The van der Waals surface area contributed by atoms with Gasteiger partial charge in [0.25, 0.3) is 0 Å². The fourth-order valence-corrected chi connectivity index (χ4v) is 1.59. The van der Waals surface area contributed by atoms with Gasteiger partial charge in [0.15, 0.2) is 0 Å². The Balaban J connectivity index is 1.96. The fourth-order valence-electron chi connectivity index (χ4n) is 1.59. The number of hydrogen-bond acceptors (Lipinski definition) is 4. The smallest absolute Gasteiger partial charge is 0.115 e. The first-order chi connectivity index (χ1) is 8.25. The summed E-state index contributed by atoms with van der Waals surface area (Å²) in [5, 5.41) is 12.7. The molecule has 0 saturated carbocycles. The number of benzene rings is 1. The van der Waals surface area contributed by atoms with E-state index >= 15 is 0 Å². The number of phenols is 1. The highest BCUT2D eigenvalue weighted by molar-refractivity contribution is 5.29. The molecule has 0 spiro atoms. The van der Waals surface area contributed by atoms with Gasteiger partial charge in [-0.2, -0.15) is 0 Å². The normalized spacial score (nSPS) is 12.3. The second kappa shape index (κ2) is 5.41. The lowest BCUT2D eigenvalue weighted by atomic mass is 10.1. The lowest BCUT2D eigenvalue weighted by molar-refractivity contribution is 0.472. The van der Waals surface area contributed by atoms with Crippen LogP contribution in [0, 0.1) is 0 Å². The summed E-state index contributed by atoms with van der Waals surface area (Å²) in [6.07, 6.45) is 3.26. The van der Waals surface area contributed by atoms with Crippen molar-refractivity contribution in [2.45, 2.75) is 19.5 Å². The Morgan fingerprint density at radius 1 is 1.35 bits per heavy atom. The highest BCUT2D eigenvalue weighted by Crippen LogP contribution is 2.17. The van der Waals surface area contributed by atoms with Gasteiger partial charge >= 0.3 is 0 Å². The topological polar surface area (TPSA) is 58.0 Å². The molecule has 0 radical (unpaired) electrons. The Bertz CT molecular complexity index is 473. The lowest BCUT2D eigenvalue weighted by Gasteiger charge is -2.14. The van der Waals surface area contributed by atoms with Crippen molar-refractivity contribution in [3.8, 4) is 5.75 Å². The maximum absolute atomic E-state index is 9.40. The molecule has 17 heavy (non-hydrogen) atoms. The van der Waals surface area contributed by atoms with Gasteiger partial charge < -0.3 is 10.4 Å². The van der Waals surface area contributed by atoms with Crippen LogP contribution in [-0.2, 0) is 6.54 Å². The fraction of sp³-hybridized carbons (Fsp3) is 0.231. The van der Waals surface area contributed by atoms with Crippen LogP contribution < -0.4 is 5.32 Å². The molecule has 1 heterocycles. The summed E-state index contributed by atoms with van der Waals surface area (Å²) in [7, 11) is 0. The summed E-state index contributed by atoms with van der Waals surface area (Å²) < 4.78 is 0. The van der Waals surface area contributed by atoms with Crippen molar-refractivity contribution in [2.24, 2.45) is 0 Å². The van der Waals surface area contributed by atoms with Gasteiger partial charge in [0, 0.05) is 18.8 Å². The Hall–Kier alpha value is -1.94. The van der Waals surface area contributed by atoms with Crippen LogP contribution in [0.3, 0.4) is 0 Å². The Labute approximate surface area is 100 Å². The molecule has 0 aliphatic heterocycles.